The van der Waals surface area contributed by atoms with E-state index in [0.29, 0.717) is 6.54 Å². The number of likely N-dealkylation sites (N-methyl/N-ethyl adjacent to an activating group) is 1. The first-order valence-corrected chi connectivity index (χ1v) is 5.31. The highest BCUT2D eigenvalue weighted by atomic mass is 19.4. The molecule has 1 atom stereocenters. The Morgan fingerprint density at radius 1 is 1.39 bits per heavy atom. The Bertz CT molecular complexity index is 405. The second-order valence-corrected chi connectivity index (χ2v) is 4.31. The lowest BCUT2D eigenvalue weighted by Gasteiger charge is -2.19. The molecule has 1 unspecified atom stereocenters. The molecule has 0 radical (unpaired) electrons. The van der Waals surface area contributed by atoms with E-state index in [1.807, 2.05) is 25.9 Å². The van der Waals surface area contributed by atoms with Crippen LogP contribution in [0.25, 0.3) is 0 Å². The molecule has 0 saturated carbocycles. The van der Waals surface area contributed by atoms with Gasteiger partial charge in [0.2, 0.25) is 5.82 Å². The number of rotatable bonds is 4. The molecule has 0 amide bonds. The zero-order chi connectivity index (χ0) is 13.9. The number of nitrogens with one attached hydrogen (secondary N) is 1. The highest BCUT2D eigenvalue weighted by Gasteiger charge is 2.35. The van der Waals surface area contributed by atoms with Gasteiger partial charge in [-0.1, -0.05) is 0 Å². The van der Waals surface area contributed by atoms with Crippen molar-refractivity contribution < 1.29 is 13.2 Å². The molecule has 0 spiro atoms. The van der Waals surface area contributed by atoms with Crippen LogP contribution >= 0.6 is 0 Å². The lowest BCUT2D eigenvalue weighted by atomic mass is 10.3. The third kappa shape index (κ3) is 4.36. The first-order chi connectivity index (χ1) is 8.18. The zero-order valence-electron chi connectivity index (χ0n) is 10.4. The van der Waals surface area contributed by atoms with Crippen molar-refractivity contribution in [2.75, 3.05) is 31.7 Å². The van der Waals surface area contributed by atoms with Gasteiger partial charge in [0.1, 0.15) is 11.6 Å². The molecule has 0 aromatic carbocycles. The number of nitrogens with two attached hydrogens (primary N) is 1. The number of hydrogen-bond donors (Lipinski definition) is 2. The van der Waals surface area contributed by atoms with E-state index >= 15 is 0 Å². The number of alkyl halides is 3. The third-order valence-electron chi connectivity index (χ3n) is 2.03. The highest BCUT2D eigenvalue weighted by Crippen LogP contribution is 2.27. The van der Waals surface area contributed by atoms with Gasteiger partial charge in [-0.3, -0.25) is 0 Å². The van der Waals surface area contributed by atoms with E-state index in [-0.39, 0.29) is 17.7 Å². The molecular formula is C10H16F3N5. The van der Waals surface area contributed by atoms with Crippen molar-refractivity contribution in [3.05, 3.63) is 11.9 Å². The molecule has 102 valence electrons. The fourth-order valence-corrected chi connectivity index (χ4v) is 1.51. The van der Waals surface area contributed by atoms with Crippen LogP contribution in [-0.4, -0.2) is 41.5 Å². The van der Waals surface area contributed by atoms with Crippen molar-refractivity contribution >= 4 is 11.6 Å². The maximum absolute atomic E-state index is 12.5. The summed E-state index contributed by atoms with van der Waals surface area (Å²) in [5.41, 5.74) is 5.33. The van der Waals surface area contributed by atoms with Crippen LogP contribution in [0.5, 0.6) is 0 Å². The highest BCUT2D eigenvalue weighted by molar-refractivity contribution is 5.45. The Kier molecular flexibility index (Phi) is 4.33. The van der Waals surface area contributed by atoms with Crippen LogP contribution in [0.1, 0.15) is 12.7 Å². The normalized spacial score (nSPS) is 13.7. The molecule has 3 N–H and O–H groups in total. The van der Waals surface area contributed by atoms with Gasteiger partial charge in [-0.25, -0.2) is 9.97 Å². The van der Waals surface area contributed by atoms with E-state index in [1.165, 1.54) is 6.07 Å². The summed E-state index contributed by atoms with van der Waals surface area (Å²) >= 11 is 0. The summed E-state index contributed by atoms with van der Waals surface area (Å²) in [5, 5.41) is 2.85. The SMILES string of the molecule is CC(CN(C)C)Nc1cc(N)nc(C(F)(F)F)n1. The van der Waals surface area contributed by atoms with E-state index in [2.05, 4.69) is 15.3 Å². The lowest BCUT2D eigenvalue weighted by molar-refractivity contribution is -0.144. The summed E-state index contributed by atoms with van der Waals surface area (Å²) in [6.07, 6.45) is -4.60. The first kappa shape index (κ1) is 14.5. The van der Waals surface area contributed by atoms with Crippen molar-refractivity contribution in [3.8, 4) is 0 Å². The summed E-state index contributed by atoms with van der Waals surface area (Å²) in [4.78, 5) is 8.48. The minimum atomic E-state index is -4.60. The van der Waals surface area contributed by atoms with E-state index < -0.39 is 12.0 Å². The molecule has 1 aromatic heterocycles. The molecule has 0 aliphatic rings. The topological polar surface area (TPSA) is 67.1 Å². The quantitative estimate of drug-likeness (QED) is 0.860. The number of nitrogens with zero attached hydrogens (tertiary/aromatic N) is 3. The average molecular weight is 263 g/mol. The molecule has 0 aliphatic carbocycles. The van der Waals surface area contributed by atoms with E-state index in [1.54, 1.807) is 0 Å². The van der Waals surface area contributed by atoms with Gasteiger partial charge in [-0.15, -0.1) is 0 Å². The van der Waals surface area contributed by atoms with Gasteiger partial charge in [0.25, 0.3) is 0 Å². The second-order valence-electron chi connectivity index (χ2n) is 4.31. The molecule has 18 heavy (non-hydrogen) atoms. The maximum atomic E-state index is 12.5. The van der Waals surface area contributed by atoms with Gasteiger partial charge in [-0.2, -0.15) is 13.2 Å². The first-order valence-electron chi connectivity index (χ1n) is 5.31. The minimum absolute atomic E-state index is 0.0598. The Morgan fingerprint density at radius 2 is 2.00 bits per heavy atom. The predicted octanol–water partition coefficient (Wildman–Crippen LogP) is 1.44. The van der Waals surface area contributed by atoms with Gasteiger partial charge < -0.3 is 16.0 Å². The largest absolute Gasteiger partial charge is 0.451 e. The average Bonchev–Trinajstić information content (AvgIpc) is 2.13. The second kappa shape index (κ2) is 5.38. The fourth-order valence-electron chi connectivity index (χ4n) is 1.51. The molecule has 1 aromatic rings. The van der Waals surface area contributed by atoms with Gasteiger partial charge >= 0.3 is 6.18 Å². The van der Waals surface area contributed by atoms with Crippen molar-refractivity contribution in [1.29, 1.82) is 0 Å². The van der Waals surface area contributed by atoms with Crippen molar-refractivity contribution in [2.45, 2.75) is 19.1 Å². The molecule has 1 rings (SSSR count). The number of halogens is 3. The molecule has 0 bridgehead atoms. The predicted molar refractivity (Wildman–Crippen MR) is 63.1 cm³/mol. The van der Waals surface area contributed by atoms with Gasteiger partial charge in [0, 0.05) is 18.7 Å². The van der Waals surface area contributed by atoms with E-state index in [4.69, 9.17) is 5.73 Å². The summed E-state index contributed by atoms with van der Waals surface area (Å²) < 4.78 is 37.4. The van der Waals surface area contributed by atoms with Crippen LogP contribution in [0.4, 0.5) is 24.8 Å². The lowest BCUT2D eigenvalue weighted by Crippen LogP contribution is -2.30. The van der Waals surface area contributed by atoms with Crippen molar-refractivity contribution in [1.82, 2.24) is 14.9 Å². The molecule has 5 nitrogen and oxygen atoms in total. The van der Waals surface area contributed by atoms with E-state index in [0.717, 1.165) is 0 Å². The summed E-state index contributed by atoms with van der Waals surface area (Å²) in [6, 6.07) is 1.22. The van der Waals surface area contributed by atoms with Crippen LogP contribution in [0.15, 0.2) is 6.07 Å². The minimum Gasteiger partial charge on any atom is -0.384 e. The van der Waals surface area contributed by atoms with Gasteiger partial charge in [0.05, 0.1) is 0 Å². The van der Waals surface area contributed by atoms with Crippen molar-refractivity contribution in [2.24, 2.45) is 0 Å². The van der Waals surface area contributed by atoms with Gasteiger partial charge in [-0.05, 0) is 21.0 Å². The molecular weight excluding hydrogens is 247 g/mol. The van der Waals surface area contributed by atoms with Crippen LogP contribution in [-0.2, 0) is 6.18 Å². The van der Waals surface area contributed by atoms with E-state index in [9.17, 15) is 13.2 Å². The Morgan fingerprint density at radius 3 is 2.50 bits per heavy atom. The number of anilines is 2. The Hall–Kier alpha value is -1.57. The van der Waals surface area contributed by atoms with Crippen molar-refractivity contribution in [3.63, 3.8) is 0 Å². The van der Waals surface area contributed by atoms with Crippen LogP contribution in [0.2, 0.25) is 0 Å². The summed E-state index contributed by atoms with van der Waals surface area (Å²) in [7, 11) is 3.74. The number of hydrogen-bond acceptors (Lipinski definition) is 5. The molecule has 0 saturated heterocycles. The smallest absolute Gasteiger partial charge is 0.384 e. The Balaban J connectivity index is 2.87. The van der Waals surface area contributed by atoms with Gasteiger partial charge in [0.15, 0.2) is 0 Å². The fraction of sp³-hybridized carbons (Fsp3) is 0.600. The third-order valence-corrected chi connectivity index (χ3v) is 2.03. The molecule has 0 fully saturated rings. The van der Waals surface area contributed by atoms with Crippen LogP contribution < -0.4 is 11.1 Å². The molecule has 1 heterocycles. The zero-order valence-corrected chi connectivity index (χ0v) is 10.4. The summed E-state index contributed by atoms with van der Waals surface area (Å²) in [5.74, 6) is -1.37. The monoisotopic (exact) mass is 263 g/mol. The number of aromatic nitrogens is 2. The molecule has 8 heteroatoms. The number of nitrogen functional groups attached to an aromatic ring is 1. The standard InChI is InChI=1S/C10H16F3N5/c1-6(5-18(2)3)15-8-4-7(14)16-9(17-8)10(11,12)13/h4,6H,5H2,1-3H3,(H3,14,15,16,17). The van der Waals surface area contributed by atoms with Crippen LogP contribution in [0.3, 0.4) is 0 Å². The maximum Gasteiger partial charge on any atom is 0.451 e. The molecule has 0 aliphatic heterocycles. The summed E-state index contributed by atoms with van der Waals surface area (Å²) in [6.45, 7) is 2.50. The Labute approximate surface area is 103 Å². The van der Waals surface area contributed by atoms with Crippen LogP contribution in [0, 0.1) is 0 Å².